The zero-order valence-electron chi connectivity index (χ0n) is 6.82. The number of nitrogens with zero attached hydrogens (tertiary/aromatic N) is 2. The first-order valence-corrected chi connectivity index (χ1v) is 4.10. The highest BCUT2D eigenvalue weighted by Crippen LogP contribution is 2.25. The van der Waals surface area contributed by atoms with Crippen LogP contribution in [0.2, 0.25) is 0 Å². The first-order chi connectivity index (χ1) is 6.36. The molecule has 13 heavy (non-hydrogen) atoms. The fraction of sp³-hybridized carbons (Fsp3) is 0.100. The molecule has 0 aromatic carbocycles. The van der Waals surface area contributed by atoms with Gasteiger partial charge in [-0.05, 0) is 12.2 Å². The Bertz CT molecular complexity index is 472. The van der Waals surface area contributed by atoms with E-state index in [0.29, 0.717) is 12.1 Å². The minimum atomic E-state index is 0.0326. The predicted octanol–water partition coefficient (Wildman–Crippen LogP) is 1.14. The quantitative estimate of drug-likeness (QED) is 0.585. The standard InChI is InChI=1S/C10H6N2O/c13-9-2-1-8-10-6(4-12-8)3-11-5-7(9)10/h1-3,5H,4H2. The van der Waals surface area contributed by atoms with Crippen LogP contribution in [0.1, 0.15) is 21.5 Å². The molecule has 0 radical (unpaired) electrons. The second-order valence-corrected chi connectivity index (χ2v) is 3.12. The first kappa shape index (κ1) is 6.71. The Morgan fingerprint density at radius 3 is 3.08 bits per heavy atom. The molecule has 3 heteroatoms. The van der Waals surface area contributed by atoms with E-state index in [1.165, 1.54) is 0 Å². The van der Waals surface area contributed by atoms with Crippen LogP contribution < -0.4 is 0 Å². The van der Waals surface area contributed by atoms with E-state index in [9.17, 15) is 4.79 Å². The second-order valence-electron chi connectivity index (χ2n) is 3.12. The molecule has 0 unspecified atom stereocenters. The maximum atomic E-state index is 11.4. The molecule has 0 fully saturated rings. The average Bonchev–Trinajstić information content (AvgIpc) is 2.57. The first-order valence-electron chi connectivity index (χ1n) is 4.10. The highest BCUT2D eigenvalue weighted by Gasteiger charge is 2.24. The van der Waals surface area contributed by atoms with E-state index in [1.807, 2.05) is 0 Å². The topological polar surface area (TPSA) is 42.3 Å². The third-order valence-electron chi connectivity index (χ3n) is 2.36. The van der Waals surface area contributed by atoms with Gasteiger partial charge in [0.15, 0.2) is 5.78 Å². The van der Waals surface area contributed by atoms with Crippen LogP contribution in [0.25, 0.3) is 0 Å². The smallest absolute Gasteiger partial charge is 0.188 e. The summed E-state index contributed by atoms with van der Waals surface area (Å²) in [5.74, 6) is 0.0326. The molecule has 0 atom stereocenters. The summed E-state index contributed by atoms with van der Waals surface area (Å²) in [7, 11) is 0. The van der Waals surface area contributed by atoms with Crippen molar-refractivity contribution in [2.75, 3.05) is 0 Å². The van der Waals surface area contributed by atoms with Gasteiger partial charge in [0.25, 0.3) is 0 Å². The largest absolute Gasteiger partial charge is 0.289 e. The summed E-state index contributed by atoms with van der Waals surface area (Å²) in [5, 5.41) is 0. The van der Waals surface area contributed by atoms with Gasteiger partial charge < -0.3 is 0 Å². The number of carbonyl (C=O) groups excluding carboxylic acids is 1. The van der Waals surface area contributed by atoms with Gasteiger partial charge in [0.2, 0.25) is 0 Å². The van der Waals surface area contributed by atoms with Crippen molar-refractivity contribution in [2.24, 2.45) is 4.99 Å². The summed E-state index contributed by atoms with van der Waals surface area (Å²) in [5.41, 5.74) is 3.66. The molecule has 0 spiro atoms. The number of hydrogen-bond acceptors (Lipinski definition) is 3. The Kier molecular flexibility index (Phi) is 1.10. The summed E-state index contributed by atoms with van der Waals surface area (Å²) in [6, 6.07) is 0. The van der Waals surface area contributed by atoms with Gasteiger partial charge in [-0.25, -0.2) is 0 Å². The maximum Gasteiger partial charge on any atom is 0.188 e. The molecule has 2 aliphatic rings. The van der Waals surface area contributed by atoms with E-state index >= 15 is 0 Å². The number of aliphatic imine (C=N–C) groups is 1. The molecule has 3 nitrogen and oxygen atoms in total. The number of rotatable bonds is 0. The minimum Gasteiger partial charge on any atom is -0.289 e. The van der Waals surface area contributed by atoms with E-state index in [0.717, 1.165) is 16.8 Å². The van der Waals surface area contributed by atoms with E-state index in [2.05, 4.69) is 9.98 Å². The monoisotopic (exact) mass is 170 g/mol. The highest BCUT2D eigenvalue weighted by molar-refractivity contribution is 6.25. The van der Waals surface area contributed by atoms with Crippen LogP contribution in [0.3, 0.4) is 0 Å². The van der Waals surface area contributed by atoms with Crippen molar-refractivity contribution < 1.29 is 4.79 Å². The number of ketones is 1. The van der Waals surface area contributed by atoms with Crippen LogP contribution >= 0.6 is 0 Å². The van der Waals surface area contributed by atoms with E-state index in [-0.39, 0.29) is 5.78 Å². The Morgan fingerprint density at radius 2 is 2.15 bits per heavy atom. The number of aromatic nitrogens is 1. The molecule has 3 rings (SSSR count). The van der Waals surface area contributed by atoms with Gasteiger partial charge in [-0.3, -0.25) is 14.8 Å². The van der Waals surface area contributed by atoms with Gasteiger partial charge in [0.1, 0.15) is 0 Å². The molecular formula is C10H6N2O. The average molecular weight is 170 g/mol. The Labute approximate surface area is 74.8 Å². The molecule has 0 N–H and O–H groups in total. The lowest BCUT2D eigenvalue weighted by Crippen LogP contribution is -2.11. The fourth-order valence-corrected chi connectivity index (χ4v) is 1.74. The Balaban J connectivity index is 2.41. The normalized spacial score (nSPS) is 17.2. The van der Waals surface area contributed by atoms with Crippen molar-refractivity contribution in [3.63, 3.8) is 0 Å². The maximum absolute atomic E-state index is 11.4. The van der Waals surface area contributed by atoms with Gasteiger partial charge in [-0.2, -0.15) is 0 Å². The molecule has 0 saturated carbocycles. The summed E-state index contributed by atoms with van der Waals surface area (Å²) in [4.78, 5) is 19.8. The molecule has 0 bridgehead atoms. The Hall–Kier alpha value is -1.77. The lowest BCUT2D eigenvalue weighted by molar-refractivity contribution is 0.104. The molecule has 1 aromatic rings. The zero-order valence-corrected chi connectivity index (χ0v) is 6.82. The van der Waals surface area contributed by atoms with E-state index < -0.39 is 0 Å². The summed E-state index contributed by atoms with van der Waals surface area (Å²) in [6.07, 6.45) is 6.73. The van der Waals surface area contributed by atoms with Crippen LogP contribution in [0.5, 0.6) is 0 Å². The van der Waals surface area contributed by atoms with Gasteiger partial charge >= 0.3 is 0 Å². The van der Waals surface area contributed by atoms with E-state index in [1.54, 1.807) is 24.5 Å². The third-order valence-corrected chi connectivity index (χ3v) is 2.36. The van der Waals surface area contributed by atoms with Gasteiger partial charge in [-0.1, -0.05) is 0 Å². The van der Waals surface area contributed by atoms with Crippen LogP contribution in [0, 0.1) is 0 Å². The third kappa shape index (κ3) is 0.758. The molecule has 1 aliphatic heterocycles. The van der Waals surface area contributed by atoms with Crippen LogP contribution in [-0.4, -0.2) is 16.5 Å². The molecule has 1 aliphatic carbocycles. The fourth-order valence-electron chi connectivity index (χ4n) is 1.74. The van der Waals surface area contributed by atoms with Crippen molar-refractivity contribution in [3.8, 4) is 0 Å². The lowest BCUT2D eigenvalue weighted by atomic mass is 9.94. The number of hydrogen-bond donors (Lipinski definition) is 0. The van der Waals surface area contributed by atoms with Crippen molar-refractivity contribution in [2.45, 2.75) is 6.54 Å². The summed E-state index contributed by atoms with van der Waals surface area (Å²) < 4.78 is 0. The van der Waals surface area contributed by atoms with Gasteiger partial charge in [-0.15, -0.1) is 0 Å². The van der Waals surface area contributed by atoms with Gasteiger partial charge in [0, 0.05) is 29.1 Å². The predicted molar refractivity (Wildman–Crippen MR) is 47.9 cm³/mol. The molecule has 1 aromatic heterocycles. The molecule has 62 valence electrons. The number of carbonyl (C=O) groups is 1. The van der Waals surface area contributed by atoms with Crippen molar-refractivity contribution in [1.29, 1.82) is 0 Å². The van der Waals surface area contributed by atoms with Crippen molar-refractivity contribution in [3.05, 3.63) is 41.2 Å². The molecule has 0 amide bonds. The molecular weight excluding hydrogens is 164 g/mol. The minimum absolute atomic E-state index is 0.0326. The SMILES string of the molecule is O=C1C=CC2=NCc3cncc1c32. The van der Waals surface area contributed by atoms with Gasteiger partial charge in [0.05, 0.1) is 12.3 Å². The van der Waals surface area contributed by atoms with Crippen LogP contribution in [-0.2, 0) is 6.54 Å². The molecule has 2 heterocycles. The molecule has 0 saturated heterocycles. The zero-order chi connectivity index (χ0) is 8.84. The van der Waals surface area contributed by atoms with Crippen LogP contribution in [0.15, 0.2) is 29.5 Å². The summed E-state index contributed by atoms with van der Waals surface area (Å²) in [6.45, 7) is 0.656. The lowest BCUT2D eigenvalue weighted by Gasteiger charge is -2.08. The van der Waals surface area contributed by atoms with Crippen molar-refractivity contribution >= 4 is 11.5 Å². The number of pyridine rings is 1. The Morgan fingerprint density at radius 1 is 1.23 bits per heavy atom. The summed E-state index contributed by atoms with van der Waals surface area (Å²) >= 11 is 0. The van der Waals surface area contributed by atoms with Crippen molar-refractivity contribution in [1.82, 2.24) is 4.98 Å². The number of allylic oxidation sites excluding steroid dienone is 2. The highest BCUT2D eigenvalue weighted by atomic mass is 16.1. The second kappa shape index (κ2) is 2.13. The van der Waals surface area contributed by atoms with Crippen LogP contribution in [0.4, 0.5) is 0 Å². The van der Waals surface area contributed by atoms with E-state index in [4.69, 9.17) is 0 Å².